The Morgan fingerprint density at radius 3 is 2.82 bits per heavy atom. The third-order valence-electron chi connectivity index (χ3n) is 2.99. The summed E-state index contributed by atoms with van der Waals surface area (Å²) in [5.74, 6) is -1.55. The number of hydrogen-bond acceptors (Lipinski definition) is 7. The third-order valence-corrected chi connectivity index (χ3v) is 3.46. The highest BCUT2D eigenvalue weighted by molar-refractivity contribution is 7.46. The number of ether oxygens (including phenoxy) is 1. The zero-order valence-electron chi connectivity index (χ0n) is 11.2. The van der Waals surface area contributed by atoms with Gasteiger partial charge in [0.2, 0.25) is 12.1 Å². The first-order valence-corrected chi connectivity index (χ1v) is 7.63. The number of nitrogens with zero attached hydrogens (tertiary/aromatic N) is 1. The zero-order chi connectivity index (χ0) is 16.5. The highest BCUT2D eigenvalue weighted by Gasteiger charge is 2.39. The lowest BCUT2D eigenvalue weighted by atomic mass is 10.1. The van der Waals surface area contributed by atoms with Crippen LogP contribution in [0.4, 0.5) is 0 Å². The number of nitrogens with two attached hydrogens (primary N) is 1. The largest absolute Gasteiger partial charge is 0.506 e. The van der Waals surface area contributed by atoms with Crippen LogP contribution >= 0.6 is 7.82 Å². The van der Waals surface area contributed by atoms with E-state index in [1.165, 1.54) is 17.3 Å². The van der Waals surface area contributed by atoms with Crippen LogP contribution < -0.4 is 5.73 Å². The van der Waals surface area contributed by atoms with Crippen molar-refractivity contribution in [3.05, 3.63) is 35.6 Å². The molecule has 1 unspecified atom stereocenters. The molecule has 2 rings (SSSR count). The number of carbonyl (C=O) groups is 1. The second-order valence-corrected chi connectivity index (χ2v) is 5.82. The maximum Gasteiger partial charge on any atom is 0.470 e. The van der Waals surface area contributed by atoms with Gasteiger partial charge >= 0.3 is 7.82 Å². The molecule has 2 heterocycles. The van der Waals surface area contributed by atoms with Gasteiger partial charge in [0.05, 0.1) is 0 Å². The summed E-state index contributed by atoms with van der Waals surface area (Å²) >= 11 is 0. The monoisotopic (exact) mass is 334 g/mol. The van der Waals surface area contributed by atoms with Crippen molar-refractivity contribution in [2.45, 2.75) is 18.8 Å². The van der Waals surface area contributed by atoms with Gasteiger partial charge in [-0.15, -0.1) is 0 Å². The summed E-state index contributed by atoms with van der Waals surface area (Å²) in [6.45, 7) is -0.715. The lowest BCUT2D eigenvalue weighted by Gasteiger charge is -2.28. The number of hydrogen-bond donors (Lipinski definition) is 5. The van der Waals surface area contributed by atoms with Gasteiger partial charge in [-0.2, -0.15) is 0 Å². The normalized spacial score (nSPS) is 25.2. The summed E-state index contributed by atoms with van der Waals surface area (Å²) in [6.07, 6.45) is 2.21. The Kier molecular flexibility index (Phi) is 4.59. The fourth-order valence-electron chi connectivity index (χ4n) is 1.94. The molecule has 0 aromatic rings. The number of rotatable bonds is 5. The lowest BCUT2D eigenvalue weighted by Crippen LogP contribution is -2.38. The predicted molar refractivity (Wildman–Crippen MR) is 71.4 cm³/mol. The number of amides is 1. The van der Waals surface area contributed by atoms with Gasteiger partial charge in [-0.1, -0.05) is 6.08 Å². The molecule has 6 N–H and O–H groups in total. The smallest absolute Gasteiger partial charge is 0.470 e. The number of phosphoric ester groups is 1. The molecule has 22 heavy (non-hydrogen) atoms. The van der Waals surface area contributed by atoms with Crippen LogP contribution in [-0.4, -0.2) is 49.7 Å². The van der Waals surface area contributed by atoms with Crippen molar-refractivity contribution in [1.82, 2.24) is 4.90 Å². The second-order valence-electron chi connectivity index (χ2n) is 4.58. The first kappa shape index (κ1) is 16.5. The SMILES string of the molecule is NC(=O)C1=CN([C@@H]2OC(COP(=O)(O)O)=C(O)C2O)C=CC1. The highest BCUT2D eigenvalue weighted by atomic mass is 31.2. The molecule has 0 aromatic carbocycles. The van der Waals surface area contributed by atoms with E-state index in [2.05, 4.69) is 4.52 Å². The summed E-state index contributed by atoms with van der Waals surface area (Å²) in [7, 11) is -4.75. The van der Waals surface area contributed by atoms with E-state index < -0.39 is 38.4 Å². The minimum absolute atomic E-state index is 0.276. The molecule has 122 valence electrons. The van der Waals surface area contributed by atoms with E-state index in [0.717, 1.165) is 0 Å². The molecule has 2 aliphatic heterocycles. The van der Waals surface area contributed by atoms with E-state index in [0.29, 0.717) is 6.42 Å². The van der Waals surface area contributed by atoms with Crippen molar-refractivity contribution >= 4 is 13.7 Å². The number of phosphoric acid groups is 1. The highest BCUT2D eigenvalue weighted by Crippen LogP contribution is 2.38. The van der Waals surface area contributed by atoms with Gasteiger partial charge in [-0.25, -0.2) is 4.57 Å². The van der Waals surface area contributed by atoms with Crippen LogP contribution in [0.5, 0.6) is 0 Å². The topological polar surface area (TPSA) is 163 Å². The molecule has 2 atom stereocenters. The van der Waals surface area contributed by atoms with Crippen LogP contribution in [0.2, 0.25) is 0 Å². The molecular formula is C11H15N2O8P. The Bertz CT molecular complexity index is 607. The van der Waals surface area contributed by atoms with Crippen LogP contribution in [0.3, 0.4) is 0 Å². The molecule has 0 aromatic heterocycles. The van der Waals surface area contributed by atoms with Crippen molar-refractivity contribution < 1.29 is 38.6 Å². The van der Waals surface area contributed by atoms with Gasteiger partial charge in [0.15, 0.2) is 17.6 Å². The second kappa shape index (κ2) is 6.11. The Morgan fingerprint density at radius 2 is 2.23 bits per heavy atom. The molecule has 0 spiro atoms. The Morgan fingerprint density at radius 1 is 1.55 bits per heavy atom. The first-order chi connectivity index (χ1) is 10.2. The van der Waals surface area contributed by atoms with E-state index in [-0.39, 0.29) is 11.3 Å². The van der Waals surface area contributed by atoms with E-state index in [9.17, 15) is 19.6 Å². The van der Waals surface area contributed by atoms with Crippen LogP contribution in [0, 0.1) is 0 Å². The Hall–Kier alpha value is -1.84. The molecule has 0 aliphatic carbocycles. The lowest BCUT2D eigenvalue weighted by molar-refractivity contribution is -0.114. The quantitative estimate of drug-likeness (QED) is 0.404. The van der Waals surface area contributed by atoms with Gasteiger partial charge in [0, 0.05) is 18.0 Å². The van der Waals surface area contributed by atoms with Gasteiger partial charge in [-0.05, 0) is 6.42 Å². The molecule has 0 saturated carbocycles. The molecule has 0 radical (unpaired) electrons. The standard InChI is InChI=1S/C11H15N2O8P/c12-10(16)6-2-1-3-13(4-6)11-9(15)8(14)7(21-11)5-20-22(17,18)19/h1,3-4,9,11,14-15H,2,5H2,(H2,12,16)(H2,17,18,19)/t9?,11-/m1/s1. The molecular weight excluding hydrogens is 319 g/mol. The fourth-order valence-corrected chi connectivity index (χ4v) is 2.23. The number of aliphatic hydroxyl groups is 2. The summed E-state index contributed by atoms with van der Waals surface area (Å²) in [6, 6.07) is 0. The van der Waals surface area contributed by atoms with Crippen molar-refractivity contribution in [3.8, 4) is 0 Å². The molecule has 1 amide bonds. The van der Waals surface area contributed by atoms with Crippen LogP contribution in [0.25, 0.3) is 0 Å². The molecule has 0 saturated heterocycles. The van der Waals surface area contributed by atoms with E-state index >= 15 is 0 Å². The zero-order valence-corrected chi connectivity index (χ0v) is 12.1. The van der Waals surface area contributed by atoms with E-state index in [1.807, 2.05) is 0 Å². The predicted octanol–water partition coefficient (Wildman–Crippen LogP) is -0.829. The fraction of sp³-hybridized carbons (Fsp3) is 0.364. The average Bonchev–Trinajstić information content (AvgIpc) is 2.72. The van der Waals surface area contributed by atoms with Crippen LogP contribution in [0.1, 0.15) is 6.42 Å². The number of aliphatic hydroxyl groups excluding tert-OH is 2. The van der Waals surface area contributed by atoms with Crippen molar-refractivity contribution in [2.24, 2.45) is 5.73 Å². The molecule has 11 heteroatoms. The van der Waals surface area contributed by atoms with Crippen molar-refractivity contribution in [3.63, 3.8) is 0 Å². The minimum Gasteiger partial charge on any atom is -0.506 e. The van der Waals surface area contributed by atoms with Crippen LogP contribution in [0.15, 0.2) is 35.6 Å². The van der Waals surface area contributed by atoms with Gasteiger partial charge in [-0.3, -0.25) is 9.32 Å². The van der Waals surface area contributed by atoms with Crippen molar-refractivity contribution in [1.29, 1.82) is 0 Å². The maximum atomic E-state index is 11.2. The first-order valence-electron chi connectivity index (χ1n) is 6.10. The summed E-state index contributed by atoms with van der Waals surface area (Å²) in [4.78, 5) is 29.7. The maximum absolute atomic E-state index is 11.2. The Balaban J connectivity index is 2.10. The van der Waals surface area contributed by atoms with Gasteiger partial charge in [0.25, 0.3) is 0 Å². The van der Waals surface area contributed by atoms with Crippen molar-refractivity contribution in [2.75, 3.05) is 6.61 Å². The molecule has 0 bridgehead atoms. The molecule has 10 nitrogen and oxygen atoms in total. The number of carbonyl (C=O) groups excluding carboxylic acids is 1. The summed E-state index contributed by atoms with van der Waals surface area (Å²) in [5, 5.41) is 19.7. The van der Waals surface area contributed by atoms with E-state index in [4.69, 9.17) is 20.3 Å². The summed E-state index contributed by atoms with van der Waals surface area (Å²) < 4.78 is 20.1. The van der Waals surface area contributed by atoms with Gasteiger partial charge in [0.1, 0.15) is 6.61 Å². The summed E-state index contributed by atoms with van der Waals surface area (Å²) in [5.41, 5.74) is 5.45. The number of allylic oxidation sites excluding steroid dienone is 1. The minimum atomic E-state index is -4.75. The molecule has 2 aliphatic rings. The number of primary amides is 1. The Labute approximate surface area is 125 Å². The van der Waals surface area contributed by atoms with Gasteiger partial charge < -0.3 is 35.4 Å². The van der Waals surface area contributed by atoms with E-state index in [1.54, 1.807) is 6.08 Å². The van der Waals surface area contributed by atoms with Crippen LogP contribution in [-0.2, 0) is 18.6 Å². The third kappa shape index (κ3) is 3.67. The molecule has 0 fully saturated rings. The average molecular weight is 334 g/mol.